The van der Waals surface area contributed by atoms with Crippen LogP contribution in [0.4, 0.5) is 0 Å². The first-order valence-electron chi connectivity index (χ1n) is 22.8. The maximum atomic E-state index is 14.0. The first-order valence-corrected chi connectivity index (χ1v) is 32.1. The van der Waals surface area contributed by atoms with Crippen LogP contribution in [0.25, 0.3) is 0 Å². The van der Waals surface area contributed by atoms with Crippen LogP contribution in [-0.2, 0) is 47.2 Å². The number of hydrogen-bond acceptors (Lipinski definition) is 11. The van der Waals surface area contributed by atoms with Crippen LogP contribution in [0.1, 0.15) is 113 Å². The second-order valence-corrected chi connectivity index (χ2v) is 34.4. The average Bonchev–Trinajstić information content (AvgIpc) is 3.66. The lowest BCUT2D eigenvalue weighted by molar-refractivity contribution is -0.0430. The Bertz CT molecular complexity index is 1810. The van der Waals surface area contributed by atoms with Gasteiger partial charge in [-0.1, -0.05) is 99.6 Å². The minimum Gasteiger partial charge on any atom is -0.414 e. The molecule has 0 aromatic heterocycles. The fourth-order valence-electron chi connectivity index (χ4n) is 8.05. The van der Waals surface area contributed by atoms with Gasteiger partial charge in [-0.25, -0.2) is 8.42 Å². The Labute approximate surface area is 379 Å². The zero-order chi connectivity index (χ0) is 47.1. The van der Waals surface area contributed by atoms with E-state index in [2.05, 4.69) is 87.8 Å². The van der Waals surface area contributed by atoms with E-state index < -0.39 is 73.0 Å². The van der Waals surface area contributed by atoms with E-state index in [1.54, 1.807) is 37.4 Å². The quantitative estimate of drug-likeness (QED) is 0.0568. The Morgan fingerprint density at radius 3 is 2.08 bits per heavy atom. The molecule has 0 bridgehead atoms. The van der Waals surface area contributed by atoms with Crippen molar-refractivity contribution in [2.75, 3.05) is 25.7 Å². The fraction of sp³-hybridized carbons (Fsp3) is 0.787. The van der Waals surface area contributed by atoms with Crippen molar-refractivity contribution in [2.24, 2.45) is 11.8 Å². The molecule has 0 aliphatic carbocycles. The van der Waals surface area contributed by atoms with Crippen LogP contribution < -0.4 is 0 Å². The molecule has 0 radical (unpaired) electrons. The highest BCUT2D eigenvalue weighted by molar-refractivity contribution is 7.91. The Balaban J connectivity index is 1.89. The van der Waals surface area contributed by atoms with E-state index in [1.807, 2.05) is 6.92 Å². The lowest BCUT2D eigenvalue weighted by Gasteiger charge is -2.42. The van der Waals surface area contributed by atoms with Crippen LogP contribution in [0.2, 0.25) is 36.3 Å². The molecule has 2 saturated heterocycles. The SMILES string of the molecule is C=C1C[C@H](CCCC)OC1CC[C@H](C[C@@H](C)C(=C)C(O)C[C@@H]1O[C@H](C[C@H](CO[Si](C)(C)C(C)(C)C)O[Si](C)(C)C(C)(C)C)[C@H](OC)[C@H]1CS(=O)(=O)c1ccccc1)OS(C)(=O)=O. The van der Waals surface area contributed by atoms with E-state index in [-0.39, 0.29) is 51.4 Å². The lowest BCUT2D eigenvalue weighted by Crippen LogP contribution is -2.49. The van der Waals surface area contributed by atoms with E-state index >= 15 is 0 Å². The summed E-state index contributed by atoms with van der Waals surface area (Å²) >= 11 is 0. The molecule has 10 atom stereocenters. The molecule has 358 valence electrons. The summed E-state index contributed by atoms with van der Waals surface area (Å²) in [6.45, 7) is 35.0. The molecule has 15 heteroatoms. The van der Waals surface area contributed by atoms with Crippen molar-refractivity contribution >= 4 is 36.6 Å². The summed E-state index contributed by atoms with van der Waals surface area (Å²) in [5.41, 5.74) is 1.51. The number of aliphatic hydroxyl groups excluding tert-OH is 1. The third kappa shape index (κ3) is 16.0. The maximum Gasteiger partial charge on any atom is 0.264 e. The molecule has 0 saturated carbocycles. The van der Waals surface area contributed by atoms with Crippen molar-refractivity contribution < 1.29 is 49.2 Å². The van der Waals surface area contributed by atoms with E-state index in [0.717, 1.165) is 37.5 Å². The summed E-state index contributed by atoms with van der Waals surface area (Å²) in [7, 11) is -10.5. The van der Waals surface area contributed by atoms with Gasteiger partial charge in [-0.2, -0.15) is 8.42 Å². The van der Waals surface area contributed by atoms with Crippen molar-refractivity contribution in [3.63, 3.8) is 0 Å². The van der Waals surface area contributed by atoms with Gasteiger partial charge in [0.15, 0.2) is 26.5 Å². The zero-order valence-corrected chi connectivity index (χ0v) is 44.3. The van der Waals surface area contributed by atoms with Gasteiger partial charge in [-0.15, -0.1) is 0 Å². The van der Waals surface area contributed by atoms with Crippen LogP contribution in [0.5, 0.6) is 0 Å². The first kappa shape index (κ1) is 55.1. The number of hydrogen-bond donors (Lipinski definition) is 1. The van der Waals surface area contributed by atoms with Crippen molar-refractivity contribution in [3.8, 4) is 0 Å². The number of aliphatic hydroxyl groups is 1. The Morgan fingerprint density at radius 1 is 0.919 bits per heavy atom. The number of methoxy groups -OCH3 is 1. The molecule has 2 aliphatic rings. The number of ether oxygens (including phenoxy) is 3. The van der Waals surface area contributed by atoms with Crippen molar-refractivity contribution in [1.29, 1.82) is 0 Å². The highest BCUT2D eigenvalue weighted by Gasteiger charge is 2.50. The summed E-state index contributed by atoms with van der Waals surface area (Å²) in [5, 5.41) is 11.8. The van der Waals surface area contributed by atoms with Gasteiger partial charge in [0.05, 0.1) is 72.3 Å². The predicted octanol–water partition coefficient (Wildman–Crippen LogP) is 10.0. The van der Waals surface area contributed by atoms with Gasteiger partial charge in [0.2, 0.25) is 0 Å². The van der Waals surface area contributed by atoms with E-state index in [0.29, 0.717) is 37.9 Å². The second kappa shape index (κ2) is 22.5. The number of rotatable bonds is 25. The summed E-state index contributed by atoms with van der Waals surface area (Å²) in [4.78, 5) is 0.206. The molecule has 1 aromatic rings. The molecule has 3 rings (SSSR count). The summed E-state index contributed by atoms with van der Waals surface area (Å²) < 4.78 is 91.7. The molecule has 2 heterocycles. The summed E-state index contributed by atoms with van der Waals surface area (Å²) in [6, 6.07) is 8.37. The molecular weight excluding hydrogens is 861 g/mol. The molecular formula is C47H84O11S2Si2. The summed E-state index contributed by atoms with van der Waals surface area (Å²) in [5.74, 6) is -1.24. The van der Waals surface area contributed by atoms with E-state index in [4.69, 9.17) is 27.2 Å². The second-order valence-electron chi connectivity index (χ2n) is 21.2. The van der Waals surface area contributed by atoms with Crippen LogP contribution in [0.15, 0.2) is 59.5 Å². The number of unbranched alkanes of at least 4 members (excludes halogenated alkanes) is 1. The van der Waals surface area contributed by atoms with Gasteiger partial charge in [0.1, 0.15) is 0 Å². The van der Waals surface area contributed by atoms with Crippen LogP contribution in [-0.4, -0.2) is 113 Å². The van der Waals surface area contributed by atoms with Crippen LogP contribution in [0.3, 0.4) is 0 Å². The number of benzene rings is 1. The molecule has 2 fully saturated rings. The highest BCUT2D eigenvalue weighted by Crippen LogP contribution is 2.43. The van der Waals surface area contributed by atoms with Gasteiger partial charge >= 0.3 is 0 Å². The molecule has 62 heavy (non-hydrogen) atoms. The normalized spacial score (nSPS) is 25.2. The number of sulfone groups is 1. The van der Waals surface area contributed by atoms with Crippen molar-refractivity contribution in [3.05, 3.63) is 54.6 Å². The third-order valence-electron chi connectivity index (χ3n) is 14.0. The van der Waals surface area contributed by atoms with Crippen LogP contribution in [0, 0.1) is 11.8 Å². The average molecular weight is 945 g/mol. The Morgan fingerprint density at radius 2 is 1.53 bits per heavy atom. The first-order chi connectivity index (χ1) is 28.4. The zero-order valence-electron chi connectivity index (χ0n) is 40.7. The minimum atomic E-state index is -3.79. The van der Waals surface area contributed by atoms with Gasteiger partial charge in [0.25, 0.3) is 10.1 Å². The van der Waals surface area contributed by atoms with Gasteiger partial charge in [0, 0.05) is 25.9 Å². The molecule has 2 unspecified atom stereocenters. The molecule has 0 amide bonds. The molecule has 1 aromatic carbocycles. The van der Waals surface area contributed by atoms with E-state index in [1.165, 1.54) is 0 Å². The largest absolute Gasteiger partial charge is 0.414 e. The molecule has 11 nitrogen and oxygen atoms in total. The topological polar surface area (TPSA) is 144 Å². The standard InChI is InChI=1S/C47H84O11S2Si2/c1-17-18-22-36-28-34(3)42(55-36)26-25-37(57-59(12,49)50)27-33(2)35(4)41(48)30-43-40(32-60(51,52)39-23-20-19-21-24-39)45(53-11)44(56-43)29-38(58-62(15,16)47(8,9)10)31-54-61(13,14)46(5,6)7/h19-21,23-24,33,36-38,40-45,48H,3-4,17-18,22,25-32H2,1-2,5-16H3/t33-,36+,37-,38-,40+,41?,42?,43+,44-,45-/m1/s1. The fourth-order valence-corrected chi connectivity index (χ4v) is 12.8. The smallest absolute Gasteiger partial charge is 0.264 e. The maximum absolute atomic E-state index is 14.0. The summed E-state index contributed by atoms with van der Waals surface area (Å²) in [6.07, 6.45) is 2.69. The van der Waals surface area contributed by atoms with Crippen molar-refractivity contribution in [1.82, 2.24) is 0 Å². The minimum absolute atomic E-state index is 0.0148. The Kier molecular flexibility index (Phi) is 20.0. The monoisotopic (exact) mass is 944 g/mol. The lowest BCUT2D eigenvalue weighted by atomic mass is 9.86. The molecule has 2 aliphatic heterocycles. The molecule has 0 spiro atoms. The highest BCUT2D eigenvalue weighted by atomic mass is 32.2. The van der Waals surface area contributed by atoms with Gasteiger partial charge in [-0.05, 0) is 97.6 Å². The van der Waals surface area contributed by atoms with E-state index in [9.17, 15) is 21.9 Å². The van der Waals surface area contributed by atoms with Crippen molar-refractivity contribution in [2.45, 2.75) is 203 Å². The Hall–Kier alpha value is -1.25. The predicted molar refractivity (Wildman–Crippen MR) is 256 cm³/mol. The molecule has 1 N–H and O–H groups in total. The third-order valence-corrected chi connectivity index (χ3v) is 25.4. The van der Waals surface area contributed by atoms with Gasteiger partial charge < -0.3 is 28.2 Å². The van der Waals surface area contributed by atoms with Gasteiger partial charge in [-0.3, -0.25) is 4.18 Å². The van der Waals surface area contributed by atoms with Crippen LogP contribution >= 0.6 is 0 Å².